The zero-order valence-corrected chi connectivity index (χ0v) is 14.9. The zero-order valence-electron chi connectivity index (χ0n) is 14.1. The number of anilines is 1. The number of para-hydroxylation sites is 1. The van der Waals surface area contributed by atoms with Gasteiger partial charge in [0.05, 0.1) is 21.3 Å². The van der Waals surface area contributed by atoms with Crippen LogP contribution in [0.3, 0.4) is 0 Å². The summed E-state index contributed by atoms with van der Waals surface area (Å²) >= 11 is 0. The molecule has 0 aliphatic carbocycles. The summed E-state index contributed by atoms with van der Waals surface area (Å²) in [5, 5.41) is 0. The van der Waals surface area contributed by atoms with Crippen molar-refractivity contribution in [3.05, 3.63) is 59.7 Å². The molecule has 0 aromatic heterocycles. The van der Waals surface area contributed by atoms with Crippen LogP contribution in [0, 0.1) is 0 Å². The van der Waals surface area contributed by atoms with Gasteiger partial charge in [-0.25, -0.2) is 4.79 Å². The first-order chi connectivity index (χ1) is 12.0. The van der Waals surface area contributed by atoms with Crippen LogP contribution in [0.15, 0.2) is 53.4 Å². The van der Waals surface area contributed by atoms with E-state index in [0.29, 0.717) is 4.90 Å². The Labute approximate surface area is 149 Å². The van der Waals surface area contributed by atoms with Gasteiger partial charge in [0.25, 0.3) is 5.91 Å². The summed E-state index contributed by atoms with van der Waals surface area (Å²) in [5.41, 5.74) is 2.21. The molecule has 0 spiro atoms. The molecule has 0 saturated heterocycles. The fourth-order valence-corrected chi connectivity index (χ4v) is 3.84. The molecule has 1 amide bonds. The maximum absolute atomic E-state index is 12.6. The maximum Gasteiger partial charge on any atom is 0.339 e. The second-order valence-corrected chi connectivity index (χ2v) is 7.32. The van der Waals surface area contributed by atoms with Crippen LogP contribution in [-0.2, 0) is 26.8 Å². The van der Waals surface area contributed by atoms with Gasteiger partial charge >= 0.3 is 5.97 Å². The highest BCUT2D eigenvalue weighted by atomic mass is 32.2. The van der Waals surface area contributed by atoms with Crippen LogP contribution in [0.1, 0.15) is 22.8 Å². The zero-order chi connectivity index (χ0) is 18.0. The number of esters is 1. The monoisotopic (exact) mass is 357 g/mol. The molecule has 0 N–H and O–H groups in total. The average Bonchev–Trinajstić information content (AvgIpc) is 2.95. The minimum absolute atomic E-state index is 0.0269. The van der Waals surface area contributed by atoms with Gasteiger partial charge in [0.15, 0.2) is 6.61 Å². The number of carbonyl (C=O) groups is 2. The van der Waals surface area contributed by atoms with Crippen LogP contribution in [-0.4, -0.2) is 35.0 Å². The summed E-state index contributed by atoms with van der Waals surface area (Å²) in [7, 11) is -1.31. The predicted octanol–water partition coefficient (Wildman–Crippen LogP) is 2.56. The SMILES string of the molecule is C[C@H]1Cc2ccccc2N1C(=O)COC(=O)c1ccccc1[S@](C)=O. The number of amides is 1. The minimum atomic E-state index is -1.31. The van der Waals surface area contributed by atoms with Crippen molar-refractivity contribution in [1.29, 1.82) is 0 Å². The lowest BCUT2D eigenvalue weighted by Crippen LogP contribution is -2.38. The molecule has 0 unspecified atom stereocenters. The van der Waals surface area contributed by atoms with E-state index in [1.165, 1.54) is 6.26 Å². The van der Waals surface area contributed by atoms with E-state index >= 15 is 0 Å². The van der Waals surface area contributed by atoms with Gasteiger partial charge in [-0.05, 0) is 37.1 Å². The normalized spacial score (nSPS) is 17.0. The Morgan fingerprint density at radius 1 is 1.16 bits per heavy atom. The first-order valence-corrected chi connectivity index (χ1v) is 9.54. The average molecular weight is 357 g/mol. The van der Waals surface area contributed by atoms with E-state index in [9.17, 15) is 13.8 Å². The molecule has 0 saturated carbocycles. The highest BCUT2D eigenvalue weighted by molar-refractivity contribution is 7.84. The second-order valence-electron chi connectivity index (χ2n) is 5.97. The molecule has 1 aliphatic rings. The van der Waals surface area contributed by atoms with Gasteiger partial charge in [0.1, 0.15) is 0 Å². The minimum Gasteiger partial charge on any atom is -0.452 e. The van der Waals surface area contributed by atoms with E-state index in [1.54, 1.807) is 29.2 Å². The molecule has 130 valence electrons. The molecule has 1 heterocycles. The molecule has 1 aliphatic heterocycles. The van der Waals surface area contributed by atoms with E-state index in [2.05, 4.69) is 0 Å². The summed E-state index contributed by atoms with van der Waals surface area (Å²) < 4.78 is 16.9. The number of benzene rings is 2. The predicted molar refractivity (Wildman–Crippen MR) is 96.2 cm³/mol. The molecule has 25 heavy (non-hydrogen) atoms. The smallest absolute Gasteiger partial charge is 0.339 e. The number of nitrogens with zero attached hydrogens (tertiary/aromatic N) is 1. The van der Waals surface area contributed by atoms with Crippen LogP contribution in [0.25, 0.3) is 0 Å². The molecule has 0 fully saturated rings. The summed E-state index contributed by atoms with van der Waals surface area (Å²) in [6.07, 6.45) is 2.29. The van der Waals surface area contributed by atoms with Crippen molar-refractivity contribution in [3.8, 4) is 0 Å². The van der Waals surface area contributed by atoms with Crippen molar-refractivity contribution in [2.75, 3.05) is 17.8 Å². The van der Waals surface area contributed by atoms with Gasteiger partial charge in [0.2, 0.25) is 0 Å². The fourth-order valence-electron chi connectivity index (χ4n) is 3.11. The Hall–Kier alpha value is -2.47. The first kappa shape index (κ1) is 17.4. The third-order valence-electron chi connectivity index (χ3n) is 4.22. The number of carbonyl (C=O) groups excluding carboxylic acids is 2. The molecule has 2 atom stereocenters. The molecule has 2 aromatic rings. The van der Waals surface area contributed by atoms with E-state index in [0.717, 1.165) is 17.7 Å². The summed E-state index contributed by atoms with van der Waals surface area (Å²) in [5.74, 6) is -0.903. The van der Waals surface area contributed by atoms with Crippen molar-refractivity contribution in [1.82, 2.24) is 0 Å². The molecule has 0 bridgehead atoms. The van der Waals surface area contributed by atoms with Gasteiger partial charge in [-0.15, -0.1) is 0 Å². The lowest BCUT2D eigenvalue weighted by atomic mass is 10.1. The number of hydrogen-bond acceptors (Lipinski definition) is 4. The van der Waals surface area contributed by atoms with Crippen LogP contribution >= 0.6 is 0 Å². The van der Waals surface area contributed by atoms with E-state index in [1.807, 2.05) is 31.2 Å². The molecule has 6 heteroatoms. The molecular weight excluding hydrogens is 338 g/mol. The van der Waals surface area contributed by atoms with Crippen molar-refractivity contribution in [2.45, 2.75) is 24.3 Å². The topological polar surface area (TPSA) is 63.7 Å². The van der Waals surface area contributed by atoms with Gasteiger partial charge < -0.3 is 9.64 Å². The standard InChI is InChI=1S/C19H19NO4S/c1-13-11-14-7-3-5-9-16(14)20(13)18(21)12-24-19(22)15-8-4-6-10-17(15)25(2)23/h3-10,13H,11-12H2,1-2H3/t13-,25-/m0/s1. The van der Waals surface area contributed by atoms with Crippen molar-refractivity contribution >= 4 is 28.4 Å². The maximum atomic E-state index is 12.6. The van der Waals surface area contributed by atoms with Gasteiger partial charge in [-0.3, -0.25) is 9.00 Å². The molecule has 0 radical (unpaired) electrons. The van der Waals surface area contributed by atoms with Gasteiger partial charge in [0, 0.05) is 18.0 Å². The van der Waals surface area contributed by atoms with Crippen molar-refractivity contribution < 1.29 is 18.5 Å². The number of fused-ring (bicyclic) bond motifs is 1. The Morgan fingerprint density at radius 3 is 2.60 bits per heavy atom. The Morgan fingerprint density at radius 2 is 1.84 bits per heavy atom. The Balaban J connectivity index is 1.71. The third-order valence-corrected chi connectivity index (χ3v) is 5.19. The van der Waals surface area contributed by atoms with Crippen LogP contribution in [0.5, 0.6) is 0 Å². The Bertz CT molecular complexity index is 849. The number of rotatable bonds is 4. The van der Waals surface area contributed by atoms with E-state index < -0.39 is 16.8 Å². The highest BCUT2D eigenvalue weighted by Gasteiger charge is 2.31. The lowest BCUT2D eigenvalue weighted by molar-refractivity contribution is -0.122. The van der Waals surface area contributed by atoms with Gasteiger partial charge in [-0.1, -0.05) is 30.3 Å². The summed E-state index contributed by atoms with van der Waals surface area (Å²) in [6, 6.07) is 14.3. The largest absolute Gasteiger partial charge is 0.452 e. The third kappa shape index (κ3) is 3.49. The van der Waals surface area contributed by atoms with Gasteiger partial charge in [-0.2, -0.15) is 0 Å². The summed E-state index contributed by atoms with van der Waals surface area (Å²) in [6.45, 7) is 1.62. The first-order valence-electron chi connectivity index (χ1n) is 7.98. The molecular formula is C19H19NO4S. The lowest BCUT2D eigenvalue weighted by Gasteiger charge is -2.22. The van der Waals surface area contributed by atoms with E-state index in [4.69, 9.17) is 4.74 Å². The number of hydrogen-bond donors (Lipinski definition) is 0. The highest BCUT2D eigenvalue weighted by Crippen LogP contribution is 2.31. The summed E-state index contributed by atoms with van der Waals surface area (Å²) in [4.78, 5) is 26.9. The van der Waals surface area contributed by atoms with E-state index in [-0.39, 0.29) is 24.1 Å². The quantitative estimate of drug-likeness (QED) is 0.789. The molecule has 2 aromatic carbocycles. The molecule has 5 nitrogen and oxygen atoms in total. The second kappa shape index (κ2) is 7.19. The van der Waals surface area contributed by atoms with Crippen LogP contribution in [0.4, 0.5) is 5.69 Å². The molecule has 3 rings (SSSR count). The van der Waals surface area contributed by atoms with Crippen LogP contribution in [0.2, 0.25) is 0 Å². The van der Waals surface area contributed by atoms with Crippen molar-refractivity contribution in [3.63, 3.8) is 0 Å². The Kier molecular flexibility index (Phi) is 4.99. The fraction of sp³-hybridized carbons (Fsp3) is 0.263. The number of ether oxygens (including phenoxy) is 1. The van der Waals surface area contributed by atoms with Crippen molar-refractivity contribution in [2.24, 2.45) is 0 Å². The van der Waals surface area contributed by atoms with Crippen LogP contribution < -0.4 is 4.90 Å².